The van der Waals surface area contributed by atoms with Crippen molar-refractivity contribution in [2.45, 2.75) is 19.4 Å². The van der Waals surface area contributed by atoms with E-state index >= 15 is 0 Å². The molecule has 100 valence electrons. The Morgan fingerprint density at radius 1 is 1.28 bits per heavy atom. The van der Waals surface area contributed by atoms with Crippen LogP contribution in [0, 0.1) is 0 Å². The fourth-order valence-corrected chi connectivity index (χ4v) is 1.77. The Morgan fingerprint density at radius 3 is 2.67 bits per heavy atom. The Labute approximate surface area is 109 Å². The maximum atomic E-state index is 10.3. The van der Waals surface area contributed by atoms with Crippen LogP contribution < -0.4 is 5.32 Å². The topological polar surface area (TPSA) is 52.6 Å². The minimum Gasteiger partial charge on any atom is -0.481 e. The lowest BCUT2D eigenvalue weighted by Gasteiger charge is -2.16. The molecular formula is C14H22N2O2. The summed E-state index contributed by atoms with van der Waals surface area (Å²) in [5, 5.41) is 11.6. The second-order valence-electron chi connectivity index (χ2n) is 4.47. The van der Waals surface area contributed by atoms with Crippen LogP contribution in [-0.2, 0) is 11.3 Å². The molecule has 0 atom stereocenters. The zero-order valence-corrected chi connectivity index (χ0v) is 10.9. The van der Waals surface area contributed by atoms with Crippen molar-refractivity contribution in [1.82, 2.24) is 10.2 Å². The van der Waals surface area contributed by atoms with Gasteiger partial charge in [-0.1, -0.05) is 30.3 Å². The van der Waals surface area contributed by atoms with Gasteiger partial charge in [0.05, 0.1) is 6.42 Å². The summed E-state index contributed by atoms with van der Waals surface area (Å²) in [6, 6.07) is 10.4. The molecule has 0 bridgehead atoms. The van der Waals surface area contributed by atoms with Crippen molar-refractivity contribution >= 4 is 5.97 Å². The van der Waals surface area contributed by atoms with Crippen LogP contribution in [0.1, 0.15) is 18.4 Å². The summed E-state index contributed by atoms with van der Waals surface area (Å²) in [7, 11) is 2.10. The molecule has 0 aliphatic carbocycles. The molecule has 18 heavy (non-hydrogen) atoms. The van der Waals surface area contributed by atoms with Crippen LogP contribution in [0.15, 0.2) is 30.3 Å². The van der Waals surface area contributed by atoms with Crippen LogP contribution in [0.4, 0.5) is 0 Å². The Kier molecular flexibility index (Phi) is 7.06. The monoisotopic (exact) mass is 250 g/mol. The predicted molar refractivity (Wildman–Crippen MR) is 72.5 cm³/mol. The van der Waals surface area contributed by atoms with Crippen molar-refractivity contribution in [2.24, 2.45) is 0 Å². The number of rotatable bonds is 9. The number of carboxylic acids is 1. The molecule has 0 aliphatic heterocycles. The van der Waals surface area contributed by atoms with E-state index in [1.165, 1.54) is 5.56 Å². The van der Waals surface area contributed by atoms with Gasteiger partial charge in [-0.25, -0.2) is 0 Å². The highest BCUT2D eigenvalue weighted by Gasteiger charge is 2.00. The van der Waals surface area contributed by atoms with Crippen LogP contribution >= 0.6 is 0 Å². The van der Waals surface area contributed by atoms with Crippen LogP contribution in [0.3, 0.4) is 0 Å². The maximum Gasteiger partial charge on any atom is 0.304 e. The number of aliphatic carboxylic acids is 1. The zero-order valence-electron chi connectivity index (χ0n) is 10.9. The molecule has 2 N–H and O–H groups in total. The number of nitrogens with zero attached hydrogens (tertiary/aromatic N) is 1. The first kappa shape index (κ1) is 14.7. The van der Waals surface area contributed by atoms with Gasteiger partial charge in [0, 0.05) is 13.1 Å². The smallest absolute Gasteiger partial charge is 0.304 e. The van der Waals surface area contributed by atoms with Gasteiger partial charge in [-0.15, -0.1) is 0 Å². The molecule has 0 unspecified atom stereocenters. The summed E-state index contributed by atoms with van der Waals surface area (Å²) in [6.45, 7) is 3.38. The second kappa shape index (κ2) is 8.66. The summed E-state index contributed by atoms with van der Waals surface area (Å²) in [5.41, 5.74) is 1.32. The van der Waals surface area contributed by atoms with Crippen molar-refractivity contribution in [3.05, 3.63) is 35.9 Å². The van der Waals surface area contributed by atoms with Crippen molar-refractivity contribution in [3.8, 4) is 0 Å². The third-order valence-electron chi connectivity index (χ3n) is 2.70. The molecule has 0 radical (unpaired) electrons. The fourth-order valence-electron chi connectivity index (χ4n) is 1.77. The lowest BCUT2D eigenvalue weighted by molar-refractivity contribution is -0.136. The number of hydrogen-bond donors (Lipinski definition) is 2. The summed E-state index contributed by atoms with van der Waals surface area (Å²) in [4.78, 5) is 12.6. The lowest BCUT2D eigenvalue weighted by atomic mass is 10.2. The molecule has 0 aromatic heterocycles. The first-order valence-electron chi connectivity index (χ1n) is 6.33. The Balaban J connectivity index is 2.03. The fraction of sp³-hybridized carbons (Fsp3) is 0.500. The lowest BCUT2D eigenvalue weighted by Crippen LogP contribution is -2.25. The average Bonchev–Trinajstić information content (AvgIpc) is 2.34. The molecule has 0 heterocycles. The molecule has 0 fully saturated rings. The van der Waals surface area contributed by atoms with Gasteiger partial charge >= 0.3 is 5.97 Å². The molecule has 0 saturated carbocycles. The minimum absolute atomic E-state index is 0.194. The third-order valence-corrected chi connectivity index (χ3v) is 2.70. The Bertz CT molecular complexity index is 341. The normalized spacial score (nSPS) is 10.8. The summed E-state index contributed by atoms with van der Waals surface area (Å²) in [6.07, 6.45) is 1.23. The number of carbonyl (C=O) groups is 1. The largest absolute Gasteiger partial charge is 0.481 e. The van der Waals surface area contributed by atoms with Gasteiger partial charge in [0.2, 0.25) is 0 Å². The van der Waals surface area contributed by atoms with Gasteiger partial charge in [-0.05, 0) is 32.1 Å². The SMILES string of the molecule is CN(CCCNCCC(=O)O)Cc1ccccc1. The van der Waals surface area contributed by atoms with E-state index in [0.29, 0.717) is 6.54 Å². The molecule has 1 rings (SSSR count). The predicted octanol–water partition coefficient (Wildman–Crippen LogP) is 1.57. The highest BCUT2D eigenvalue weighted by molar-refractivity contribution is 5.66. The van der Waals surface area contributed by atoms with Gasteiger partial charge in [0.1, 0.15) is 0 Å². The van der Waals surface area contributed by atoms with Crippen molar-refractivity contribution in [1.29, 1.82) is 0 Å². The molecule has 0 spiro atoms. The summed E-state index contributed by atoms with van der Waals surface area (Å²) in [5.74, 6) is -0.747. The standard InChI is InChI=1S/C14H22N2O2/c1-16(12-13-6-3-2-4-7-13)11-5-9-15-10-8-14(17)18/h2-4,6-7,15H,5,8-12H2,1H3,(H,17,18). The number of carboxylic acid groups (broad SMARTS) is 1. The summed E-state index contributed by atoms with van der Waals surface area (Å²) < 4.78 is 0. The van der Waals surface area contributed by atoms with Gasteiger partial charge in [-0.3, -0.25) is 4.79 Å². The van der Waals surface area contributed by atoms with Gasteiger partial charge in [0.15, 0.2) is 0 Å². The van der Waals surface area contributed by atoms with Crippen LogP contribution in [0.25, 0.3) is 0 Å². The van der Waals surface area contributed by atoms with E-state index < -0.39 is 5.97 Å². The van der Waals surface area contributed by atoms with Gasteiger partial charge < -0.3 is 15.3 Å². The number of benzene rings is 1. The van der Waals surface area contributed by atoms with E-state index in [-0.39, 0.29) is 6.42 Å². The van der Waals surface area contributed by atoms with Gasteiger partial charge in [0.25, 0.3) is 0 Å². The first-order chi connectivity index (χ1) is 8.68. The highest BCUT2D eigenvalue weighted by Crippen LogP contribution is 2.02. The first-order valence-corrected chi connectivity index (χ1v) is 6.33. The summed E-state index contributed by atoms with van der Waals surface area (Å²) >= 11 is 0. The maximum absolute atomic E-state index is 10.3. The molecule has 0 saturated heterocycles. The second-order valence-corrected chi connectivity index (χ2v) is 4.47. The van der Waals surface area contributed by atoms with Gasteiger partial charge in [-0.2, -0.15) is 0 Å². The zero-order chi connectivity index (χ0) is 13.2. The number of hydrogen-bond acceptors (Lipinski definition) is 3. The van der Waals surface area contributed by atoms with Crippen molar-refractivity contribution in [2.75, 3.05) is 26.7 Å². The van der Waals surface area contributed by atoms with Crippen LogP contribution in [0.5, 0.6) is 0 Å². The van der Waals surface area contributed by atoms with E-state index in [2.05, 4.69) is 41.5 Å². The quantitative estimate of drug-likeness (QED) is 0.653. The average molecular weight is 250 g/mol. The molecule has 4 nitrogen and oxygen atoms in total. The van der Waals surface area contributed by atoms with E-state index in [9.17, 15) is 4.79 Å². The highest BCUT2D eigenvalue weighted by atomic mass is 16.4. The van der Waals surface area contributed by atoms with Crippen LogP contribution in [-0.4, -0.2) is 42.7 Å². The molecular weight excluding hydrogens is 228 g/mol. The molecule has 1 aromatic rings. The Morgan fingerprint density at radius 2 is 2.00 bits per heavy atom. The molecule has 0 amide bonds. The van der Waals surface area contributed by atoms with E-state index in [0.717, 1.165) is 26.1 Å². The van der Waals surface area contributed by atoms with Crippen molar-refractivity contribution < 1.29 is 9.90 Å². The van der Waals surface area contributed by atoms with E-state index in [4.69, 9.17) is 5.11 Å². The molecule has 1 aromatic carbocycles. The number of nitrogens with one attached hydrogen (secondary N) is 1. The van der Waals surface area contributed by atoms with Crippen LogP contribution in [0.2, 0.25) is 0 Å². The molecule has 4 heteroatoms. The van der Waals surface area contributed by atoms with E-state index in [1.807, 2.05) is 6.07 Å². The Hall–Kier alpha value is -1.39. The van der Waals surface area contributed by atoms with E-state index in [1.54, 1.807) is 0 Å². The van der Waals surface area contributed by atoms with Crippen molar-refractivity contribution in [3.63, 3.8) is 0 Å². The minimum atomic E-state index is -0.747. The molecule has 0 aliphatic rings. The third kappa shape index (κ3) is 7.04.